The summed E-state index contributed by atoms with van der Waals surface area (Å²) in [6.07, 6.45) is 2.65. The van der Waals surface area contributed by atoms with E-state index in [1.807, 2.05) is 6.92 Å². The molecule has 1 aliphatic heterocycles. The molecule has 1 saturated heterocycles. The second kappa shape index (κ2) is 4.30. The highest BCUT2D eigenvalue weighted by Crippen LogP contribution is 2.28. The molecule has 14 heavy (non-hydrogen) atoms. The molecule has 72 valence electrons. The van der Waals surface area contributed by atoms with E-state index in [-0.39, 0.29) is 0 Å². The highest BCUT2D eigenvalue weighted by molar-refractivity contribution is 5.36. The second-order valence-electron chi connectivity index (χ2n) is 3.50. The maximum absolute atomic E-state index is 5.60. The molecular formula is C13H14O. The third kappa shape index (κ3) is 1.97. The van der Waals surface area contributed by atoms with Crippen molar-refractivity contribution in [1.82, 2.24) is 0 Å². The standard InChI is InChI=1S/C13H14O/c1-2-4-11-6-8-12(9-7-11)13-5-3-10-14-13/h6-9,13H,3,5,10H2,1H3. The second-order valence-corrected chi connectivity index (χ2v) is 3.50. The van der Waals surface area contributed by atoms with Crippen molar-refractivity contribution in [3.05, 3.63) is 35.4 Å². The fraction of sp³-hybridized carbons (Fsp3) is 0.385. The van der Waals surface area contributed by atoms with Crippen molar-refractivity contribution in [3.8, 4) is 11.8 Å². The van der Waals surface area contributed by atoms with Crippen LogP contribution in [0, 0.1) is 11.8 Å². The van der Waals surface area contributed by atoms with E-state index in [2.05, 4.69) is 36.1 Å². The lowest BCUT2D eigenvalue weighted by Gasteiger charge is -2.08. The molecule has 1 heteroatoms. The summed E-state index contributed by atoms with van der Waals surface area (Å²) in [5.74, 6) is 5.93. The van der Waals surface area contributed by atoms with Crippen molar-refractivity contribution in [3.63, 3.8) is 0 Å². The van der Waals surface area contributed by atoms with Crippen LogP contribution in [0.25, 0.3) is 0 Å². The average Bonchev–Trinajstić information content (AvgIpc) is 2.72. The van der Waals surface area contributed by atoms with Gasteiger partial charge in [0.2, 0.25) is 0 Å². The normalized spacial score (nSPS) is 20.2. The summed E-state index contributed by atoms with van der Waals surface area (Å²) in [7, 11) is 0. The maximum Gasteiger partial charge on any atom is 0.0825 e. The number of ether oxygens (including phenoxy) is 1. The van der Waals surface area contributed by atoms with Crippen LogP contribution in [0.3, 0.4) is 0 Å². The van der Waals surface area contributed by atoms with Crippen molar-refractivity contribution in [2.45, 2.75) is 25.9 Å². The minimum Gasteiger partial charge on any atom is -0.374 e. The van der Waals surface area contributed by atoms with Crippen LogP contribution < -0.4 is 0 Å². The van der Waals surface area contributed by atoms with E-state index in [4.69, 9.17) is 4.74 Å². The lowest BCUT2D eigenvalue weighted by molar-refractivity contribution is 0.112. The Morgan fingerprint density at radius 1 is 1.29 bits per heavy atom. The van der Waals surface area contributed by atoms with Crippen LogP contribution in [0.15, 0.2) is 24.3 Å². The summed E-state index contributed by atoms with van der Waals surface area (Å²) in [5.41, 5.74) is 2.36. The van der Waals surface area contributed by atoms with Gasteiger partial charge in [-0.1, -0.05) is 18.1 Å². The topological polar surface area (TPSA) is 9.23 Å². The number of benzene rings is 1. The number of hydrogen-bond donors (Lipinski definition) is 0. The molecule has 1 aromatic rings. The van der Waals surface area contributed by atoms with Crippen molar-refractivity contribution >= 4 is 0 Å². The monoisotopic (exact) mass is 186 g/mol. The third-order valence-corrected chi connectivity index (χ3v) is 2.48. The molecule has 1 aliphatic rings. The van der Waals surface area contributed by atoms with E-state index in [1.54, 1.807) is 0 Å². The van der Waals surface area contributed by atoms with Gasteiger partial charge >= 0.3 is 0 Å². The molecular weight excluding hydrogens is 172 g/mol. The number of rotatable bonds is 1. The number of hydrogen-bond acceptors (Lipinski definition) is 1. The molecule has 0 radical (unpaired) electrons. The van der Waals surface area contributed by atoms with Crippen LogP contribution in [0.5, 0.6) is 0 Å². The van der Waals surface area contributed by atoms with E-state index < -0.39 is 0 Å². The average molecular weight is 186 g/mol. The van der Waals surface area contributed by atoms with E-state index in [9.17, 15) is 0 Å². The Balaban J connectivity index is 2.15. The largest absolute Gasteiger partial charge is 0.374 e. The molecule has 1 atom stereocenters. The van der Waals surface area contributed by atoms with E-state index in [1.165, 1.54) is 12.0 Å². The van der Waals surface area contributed by atoms with Gasteiger partial charge < -0.3 is 4.74 Å². The molecule has 0 aromatic heterocycles. The summed E-state index contributed by atoms with van der Waals surface area (Å²) in [5, 5.41) is 0. The molecule has 0 N–H and O–H groups in total. The van der Waals surface area contributed by atoms with Crippen LogP contribution >= 0.6 is 0 Å². The smallest absolute Gasteiger partial charge is 0.0825 e. The summed E-state index contributed by atoms with van der Waals surface area (Å²) in [6.45, 7) is 2.76. The summed E-state index contributed by atoms with van der Waals surface area (Å²) in [4.78, 5) is 0. The quantitative estimate of drug-likeness (QED) is 0.613. The van der Waals surface area contributed by atoms with Crippen LogP contribution in [-0.2, 0) is 4.74 Å². The Morgan fingerprint density at radius 2 is 2.07 bits per heavy atom. The zero-order chi connectivity index (χ0) is 9.80. The molecule has 1 heterocycles. The van der Waals surface area contributed by atoms with Crippen molar-refractivity contribution in [2.24, 2.45) is 0 Å². The zero-order valence-electron chi connectivity index (χ0n) is 8.42. The van der Waals surface area contributed by atoms with Crippen LogP contribution in [0.4, 0.5) is 0 Å². The van der Waals surface area contributed by atoms with Crippen molar-refractivity contribution in [2.75, 3.05) is 6.61 Å². The molecule has 0 amide bonds. The summed E-state index contributed by atoms with van der Waals surface area (Å²) < 4.78 is 5.60. The van der Waals surface area contributed by atoms with Crippen molar-refractivity contribution < 1.29 is 4.74 Å². The molecule has 2 rings (SSSR count). The Hall–Kier alpha value is -1.26. The van der Waals surface area contributed by atoms with Crippen LogP contribution in [0.1, 0.15) is 37.0 Å². The van der Waals surface area contributed by atoms with Gasteiger partial charge in [0, 0.05) is 12.2 Å². The van der Waals surface area contributed by atoms with Gasteiger partial charge in [0.25, 0.3) is 0 Å². The van der Waals surface area contributed by atoms with Gasteiger partial charge in [-0.15, -0.1) is 5.92 Å². The third-order valence-electron chi connectivity index (χ3n) is 2.48. The zero-order valence-corrected chi connectivity index (χ0v) is 8.42. The Bertz CT molecular complexity index is 347. The summed E-state index contributed by atoms with van der Waals surface area (Å²) in [6, 6.07) is 8.37. The molecule has 0 spiro atoms. The molecule has 1 fully saturated rings. The lowest BCUT2D eigenvalue weighted by atomic mass is 10.1. The fourth-order valence-corrected chi connectivity index (χ4v) is 1.77. The fourth-order valence-electron chi connectivity index (χ4n) is 1.77. The Morgan fingerprint density at radius 3 is 2.64 bits per heavy atom. The first-order chi connectivity index (χ1) is 6.90. The van der Waals surface area contributed by atoms with Crippen LogP contribution in [-0.4, -0.2) is 6.61 Å². The highest BCUT2D eigenvalue weighted by atomic mass is 16.5. The van der Waals surface area contributed by atoms with Gasteiger partial charge in [-0.3, -0.25) is 0 Å². The summed E-state index contributed by atoms with van der Waals surface area (Å²) >= 11 is 0. The van der Waals surface area contributed by atoms with E-state index >= 15 is 0 Å². The minimum absolute atomic E-state index is 0.318. The maximum atomic E-state index is 5.60. The first kappa shape index (κ1) is 9.30. The Labute approximate surface area is 85.1 Å². The predicted molar refractivity (Wildman–Crippen MR) is 56.9 cm³/mol. The van der Waals surface area contributed by atoms with Gasteiger partial charge in [-0.05, 0) is 37.5 Å². The minimum atomic E-state index is 0.318. The molecule has 0 saturated carbocycles. The predicted octanol–water partition coefficient (Wildman–Crippen LogP) is 2.91. The van der Waals surface area contributed by atoms with Crippen molar-refractivity contribution in [1.29, 1.82) is 0 Å². The van der Waals surface area contributed by atoms with Gasteiger partial charge in [-0.2, -0.15) is 0 Å². The van der Waals surface area contributed by atoms with Gasteiger partial charge in [-0.25, -0.2) is 0 Å². The molecule has 1 nitrogen and oxygen atoms in total. The molecule has 0 bridgehead atoms. The van der Waals surface area contributed by atoms with Gasteiger partial charge in [0.1, 0.15) is 0 Å². The Kier molecular flexibility index (Phi) is 2.86. The highest BCUT2D eigenvalue weighted by Gasteiger charge is 2.16. The lowest BCUT2D eigenvalue weighted by Crippen LogP contribution is -1.94. The molecule has 1 unspecified atom stereocenters. The van der Waals surface area contributed by atoms with E-state index in [0.717, 1.165) is 18.6 Å². The van der Waals surface area contributed by atoms with Gasteiger partial charge in [0.15, 0.2) is 0 Å². The molecule has 0 aliphatic carbocycles. The van der Waals surface area contributed by atoms with Crippen LogP contribution in [0.2, 0.25) is 0 Å². The van der Waals surface area contributed by atoms with Gasteiger partial charge in [0.05, 0.1) is 6.10 Å². The first-order valence-electron chi connectivity index (χ1n) is 5.04. The first-order valence-corrected chi connectivity index (χ1v) is 5.04. The molecule has 1 aromatic carbocycles. The van der Waals surface area contributed by atoms with E-state index in [0.29, 0.717) is 6.10 Å². The SMILES string of the molecule is CC#Cc1ccc(C2CCCO2)cc1.